The summed E-state index contributed by atoms with van der Waals surface area (Å²) >= 11 is 0. The van der Waals surface area contributed by atoms with Gasteiger partial charge in [-0.2, -0.15) is 0 Å². The van der Waals surface area contributed by atoms with Crippen molar-refractivity contribution in [3.63, 3.8) is 0 Å². The molecule has 1 heterocycles. The quantitative estimate of drug-likeness (QED) is 0.891. The highest BCUT2D eigenvalue weighted by atomic mass is 32.2. The minimum absolute atomic E-state index is 0.104. The Bertz CT molecular complexity index is 903. The number of rotatable bonds is 4. The predicted octanol–water partition coefficient (Wildman–Crippen LogP) is 2.73. The third-order valence-electron chi connectivity index (χ3n) is 4.13. The Labute approximate surface area is 140 Å². The minimum atomic E-state index is -3.72. The number of nitrogens with one attached hydrogen (secondary N) is 2. The topological polar surface area (TPSA) is 84.5 Å². The van der Waals surface area contributed by atoms with Gasteiger partial charge in [-0.1, -0.05) is 0 Å². The maximum Gasteiger partial charge on any atom is 0.261 e. The first-order valence-corrected chi connectivity index (χ1v) is 8.85. The smallest absolute Gasteiger partial charge is 0.261 e. The summed E-state index contributed by atoms with van der Waals surface area (Å²) in [7, 11) is -2.20. The first-order chi connectivity index (χ1) is 11.2. The summed E-state index contributed by atoms with van der Waals surface area (Å²) in [6, 6.07) is 11.1. The molecule has 126 valence electrons. The Morgan fingerprint density at radius 2 is 1.75 bits per heavy atom. The Balaban J connectivity index is 1.91. The summed E-state index contributed by atoms with van der Waals surface area (Å²) in [6.45, 7) is 3.60. The molecular weight excluding hydrogens is 328 g/mol. The van der Waals surface area contributed by atoms with Crippen molar-refractivity contribution in [1.82, 2.24) is 0 Å². The van der Waals surface area contributed by atoms with Crippen molar-refractivity contribution in [1.29, 1.82) is 0 Å². The Morgan fingerprint density at radius 3 is 2.38 bits per heavy atom. The third kappa shape index (κ3) is 2.71. The highest BCUT2D eigenvalue weighted by Crippen LogP contribution is 2.39. The van der Waals surface area contributed by atoms with E-state index in [-0.39, 0.29) is 10.8 Å². The van der Waals surface area contributed by atoms with E-state index in [0.29, 0.717) is 17.1 Å². The van der Waals surface area contributed by atoms with Gasteiger partial charge in [0.25, 0.3) is 10.0 Å². The molecule has 0 fully saturated rings. The molecule has 1 aliphatic heterocycles. The van der Waals surface area contributed by atoms with Crippen LogP contribution in [0.2, 0.25) is 0 Å². The van der Waals surface area contributed by atoms with E-state index in [1.54, 1.807) is 44.2 Å². The first-order valence-electron chi connectivity index (χ1n) is 7.37. The van der Waals surface area contributed by atoms with Gasteiger partial charge < -0.3 is 10.1 Å². The average molecular weight is 346 g/mol. The van der Waals surface area contributed by atoms with Gasteiger partial charge in [-0.05, 0) is 61.9 Å². The molecule has 0 atom stereocenters. The highest BCUT2D eigenvalue weighted by Gasteiger charge is 2.38. The summed E-state index contributed by atoms with van der Waals surface area (Å²) in [5, 5.41) is 2.79. The van der Waals surface area contributed by atoms with Crippen LogP contribution in [0.15, 0.2) is 47.4 Å². The van der Waals surface area contributed by atoms with E-state index in [2.05, 4.69) is 10.0 Å². The molecule has 0 radical (unpaired) electrons. The number of benzene rings is 2. The standard InChI is InChI=1S/C17H18N2O4S/c1-17(2)14-10-11(4-9-15(14)18-16(17)20)19-24(21,22)13-7-5-12(23-3)6-8-13/h4-10,19H,1-3H3,(H,18,20). The number of carbonyl (C=O) groups is 1. The summed E-state index contributed by atoms with van der Waals surface area (Å²) < 4.78 is 32.6. The van der Waals surface area contributed by atoms with E-state index in [0.717, 1.165) is 5.56 Å². The average Bonchev–Trinajstić information content (AvgIpc) is 2.77. The molecule has 1 amide bonds. The van der Waals surface area contributed by atoms with E-state index < -0.39 is 15.4 Å². The second kappa shape index (κ2) is 5.52. The lowest BCUT2D eigenvalue weighted by Crippen LogP contribution is -2.26. The fourth-order valence-corrected chi connectivity index (χ4v) is 3.65. The van der Waals surface area contributed by atoms with Gasteiger partial charge in [0.1, 0.15) is 5.75 Å². The number of methoxy groups -OCH3 is 1. The zero-order chi connectivity index (χ0) is 17.5. The third-order valence-corrected chi connectivity index (χ3v) is 5.53. The molecule has 2 aromatic carbocycles. The van der Waals surface area contributed by atoms with Gasteiger partial charge in [0.05, 0.1) is 17.4 Å². The number of sulfonamides is 1. The molecule has 3 rings (SSSR count). The number of fused-ring (bicyclic) bond motifs is 1. The molecule has 0 bridgehead atoms. The molecule has 0 saturated heterocycles. The van der Waals surface area contributed by atoms with Crippen molar-refractivity contribution in [3.05, 3.63) is 48.0 Å². The minimum Gasteiger partial charge on any atom is -0.497 e. The lowest BCUT2D eigenvalue weighted by atomic mass is 9.86. The van der Waals surface area contributed by atoms with Crippen LogP contribution < -0.4 is 14.8 Å². The molecule has 0 saturated carbocycles. The van der Waals surface area contributed by atoms with Crippen LogP contribution in [0.5, 0.6) is 5.75 Å². The van der Waals surface area contributed by atoms with Crippen LogP contribution in [0.25, 0.3) is 0 Å². The largest absolute Gasteiger partial charge is 0.497 e. The molecule has 0 aromatic heterocycles. The van der Waals surface area contributed by atoms with E-state index in [4.69, 9.17) is 4.74 Å². The van der Waals surface area contributed by atoms with Crippen molar-refractivity contribution >= 4 is 27.3 Å². The zero-order valence-electron chi connectivity index (χ0n) is 13.6. The number of ether oxygens (including phenoxy) is 1. The molecule has 6 nitrogen and oxygen atoms in total. The van der Waals surface area contributed by atoms with Crippen LogP contribution in [-0.2, 0) is 20.2 Å². The number of anilines is 2. The normalized spacial score (nSPS) is 15.5. The molecule has 1 aliphatic rings. The second-order valence-corrected chi connectivity index (χ2v) is 7.80. The van der Waals surface area contributed by atoms with E-state index in [1.807, 2.05) is 0 Å². The van der Waals surface area contributed by atoms with Gasteiger partial charge in [-0.15, -0.1) is 0 Å². The van der Waals surface area contributed by atoms with Crippen LogP contribution >= 0.6 is 0 Å². The molecule has 2 N–H and O–H groups in total. The Hall–Kier alpha value is -2.54. The van der Waals surface area contributed by atoms with Crippen LogP contribution in [0.3, 0.4) is 0 Å². The van der Waals surface area contributed by atoms with E-state index in [1.165, 1.54) is 19.2 Å². The maximum atomic E-state index is 12.5. The number of carbonyl (C=O) groups excluding carboxylic acids is 1. The van der Waals surface area contributed by atoms with Crippen LogP contribution in [-0.4, -0.2) is 21.4 Å². The summed E-state index contributed by atoms with van der Waals surface area (Å²) in [6.07, 6.45) is 0. The number of hydrogen-bond acceptors (Lipinski definition) is 4. The monoisotopic (exact) mass is 346 g/mol. The molecule has 24 heavy (non-hydrogen) atoms. The Kier molecular flexibility index (Phi) is 3.76. The fourth-order valence-electron chi connectivity index (χ4n) is 2.60. The van der Waals surface area contributed by atoms with E-state index >= 15 is 0 Å². The van der Waals surface area contributed by atoms with Gasteiger partial charge in [-0.3, -0.25) is 9.52 Å². The first kappa shape index (κ1) is 16.3. The van der Waals surface area contributed by atoms with Crippen LogP contribution in [0.1, 0.15) is 19.4 Å². The predicted molar refractivity (Wildman–Crippen MR) is 91.9 cm³/mol. The van der Waals surface area contributed by atoms with Crippen LogP contribution in [0.4, 0.5) is 11.4 Å². The van der Waals surface area contributed by atoms with Gasteiger partial charge in [0.2, 0.25) is 5.91 Å². The lowest BCUT2D eigenvalue weighted by Gasteiger charge is -2.16. The second-order valence-electron chi connectivity index (χ2n) is 6.12. The lowest BCUT2D eigenvalue weighted by molar-refractivity contribution is -0.119. The SMILES string of the molecule is COc1ccc(S(=O)(=O)Nc2ccc3c(c2)C(C)(C)C(=O)N3)cc1. The summed E-state index contributed by atoms with van der Waals surface area (Å²) in [5.74, 6) is 0.477. The summed E-state index contributed by atoms with van der Waals surface area (Å²) in [5.41, 5.74) is 1.19. The zero-order valence-corrected chi connectivity index (χ0v) is 14.4. The maximum absolute atomic E-state index is 12.5. The molecule has 0 unspecified atom stereocenters. The summed E-state index contributed by atoms with van der Waals surface area (Å²) in [4.78, 5) is 12.1. The van der Waals surface area contributed by atoms with Crippen LogP contribution in [0, 0.1) is 0 Å². The van der Waals surface area contributed by atoms with Crippen molar-refractivity contribution in [2.45, 2.75) is 24.2 Å². The molecule has 2 aromatic rings. The van der Waals surface area contributed by atoms with Gasteiger partial charge in [-0.25, -0.2) is 8.42 Å². The number of hydrogen-bond donors (Lipinski definition) is 2. The van der Waals surface area contributed by atoms with Crippen molar-refractivity contribution in [2.75, 3.05) is 17.1 Å². The van der Waals surface area contributed by atoms with Crippen molar-refractivity contribution in [2.24, 2.45) is 0 Å². The molecular formula is C17H18N2O4S. The molecule has 0 aliphatic carbocycles. The number of amides is 1. The molecule has 0 spiro atoms. The van der Waals surface area contributed by atoms with Gasteiger partial charge >= 0.3 is 0 Å². The van der Waals surface area contributed by atoms with Crippen molar-refractivity contribution in [3.8, 4) is 5.75 Å². The van der Waals surface area contributed by atoms with Gasteiger partial charge in [0.15, 0.2) is 0 Å². The van der Waals surface area contributed by atoms with Crippen molar-refractivity contribution < 1.29 is 17.9 Å². The Morgan fingerprint density at radius 1 is 1.08 bits per heavy atom. The van der Waals surface area contributed by atoms with E-state index in [9.17, 15) is 13.2 Å². The molecule has 7 heteroatoms. The highest BCUT2D eigenvalue weighted by molar-refractivity contribution is 7.92. The van der Waals surface area contributed by atoms with Gasteiger partial charge in [0, 0.05) is 11.4 Å². The fraction of sp³-hybridized carbons (Fsp3) is 0.235.